The summed E-state index contributed by atoms with van der Waals surface area (Å²) in [5, 5.41) is 0. The number of rotatable bonds is 2. The van der Waals surface area contributed by atoms with E-state index < -0.39 is 0 Å². The normalized spacial score (nSPS) is 12.7. The third kappa shape index (κ3) is 10.6. The zero-order valence-corrected chi connectivity index (χ0v) is 34.1. The zero-order valence-electron chi connectivity index (χ0n) is 30.2. The van der Waals surface area contributed by atoms with E-state index >= 15 is 0 Å². The van der Waals surface area contributed by atoms with Crippen LogP contribution in [0.5, 0.6) is 0 Å². The molecule has 0 fully saturated rings. The van der Waals surface area contributed by atoms with Crippen LogP contribution in [-0.2, 0) is 41.5 Å². The Kier molecular flexibility index (Phi) is 14.7. The minimum atomic E-state index is 0. The van der Waals surface area contributed by atoms with Gasteiger partial charge in [0, 0.05) is 0 Å². The summed E-state index contributed by atoms with van der Waals surface area (Å²) in [6.45, 7) is 24.6. The van der Waals surface area contributed by atoms with Crippen molar-refractivity contribution in [3.8, 4) is 11.1 Å². The molecule has 0 nitrogen and oxygen atoms in total. The van der Waals surface area contributed by atoms with E-state index in [-0.39, 0.29) is 35.6 Å². The first kappa shape index (κ1) is 40.9. The summed E-state index contributed by atoms with van der Waals surface area (Å²) in [7, 11) is 0. The van der Waals surface area contributed by atoms with Crippen LogP contribution in [0.15, 0.2) is 84.5 Å². The van der Waals surface area contributed by atoms with Crippen LogP contribution in [-0.4, -0.2) is 3.21 Å². The van der Waals surface area contributed by atoms with Crippen LogP contribution in [0.1, 0.15) is 111 Å². The number of fused-ring (bicyclic) bond motifs is 3. The second-order valence-corrected chi connectivity index (χ2v) is 16.0. The van der Waals surface area contributed by atoms with Gasteiger partial charge >= 0.3 is 112 Å². The molecule has 3 heteroatoms. The minimum Gasteiger partial charge on any atom is -1.00 e. The van der Waals surface area contributed by atoms with Crippen molar-refractivity contribution in [1.82, 2.24) is 0 Å². The first-order valence-electron chi connectivity index (χ1n) is 16.2. The molecular weight excluding hydrogens is 691 g/mol. The standard InChI is InChI=1S/C23H29.C15H14.C6H7.2ClH.Zr/c1-14-9-16-11-17-10-15(2)21(23(6,7)8)13-19(17)18(16)12-20(14)22(3,4)5;1-12-3-7-14(8-4-12)11-15-9-5-13(2)6-10-15;1-6-4-2-3-5-6;;;/h9,12-13H,11H2,1-8H3;3-10H,1-2H3;2,4H,3H2,1H3;2*1H;/q-1;;-1;;;+2/p-2. The van der Waals surface area contributed by atoms with Crippen LogP contribution in [0.3, 0.4) is 0 Å². The Bertz CT molecular complexity index is 1620. The molecule has 6 rings (SSSR count). The van der Waals surface area contributed by atoms with Gasteiger partial charge in [-0.15, -0.1) is 23.1 Å². The molecule has 0 radical (unpaired) electrons. The summed E-state index contributed by atoms with van der Waals surface area (Å²) in [6.07, 6.45) is 9.36. The Balaban J connectivity index is 0.000000278. The Labute approximate surface area is 313 Å². The van der Waals surface area contributed by atoms with E-state index in [9.17, 15) is 0 Å². The van der Waals surface area contributed by atoms with Crippen molar-refractivity contribution in [2.45, 2.75) is 99.8 Å². The minimum absolute atomic E-state index is 0. The van der Waals surface area contributed by atoms with Crippen molar-refractivity contribution < 1.29 is 49.0 Å². The van der Waals surface area contributed by atoms with E-state index in [0.29, 0.717) is 0 Å². The molecule has 0 bridgehead atoms. The van der Waals surface area contributed by atoms with Gasteiger partial charge in [0.25, 0.3) is 0 Å². The van der Waals surface area contributed by atoms with E-state index in [2.05, 4.69) is 167 Å². The Morgan fingerprint density at radius 1 is 0.660 bits per heavy atom. The Morgan fingerprint density at radius 3 is 1.55 bits per heavy atom. The van der Waals surface area contributed by atoms with Gasteiger partial charge in [-0.25, -0.2) is 11.6 Å². The number of allylic oxidation sites excluding steroid dienone is 4. The summed E-state index contributed by atoms with van der Waals surface area (Å²) in [5.74, 6) is 0. The van der Waals surface area contributed by atoms with E-state index in [1.807, 2.05) is 0 Å². The summed E-state index contributed by atoms with van der Waals surface area (Å²) in [4.78, 5) is 0. The SMILES string of the molecule is CC1=[C-]CC=C1.Cc1[c-]c2c(cc1C(C)(C)C)-c1cc(C(C)(C)C)c(C)cc1C2.Cc1ccc([C](=[Zr+2])c2ccc(C)cc2)cc1.[Cl-].[Cl-]. The van der Waals surface area contributed by atoms with Crippen LogP contribution in [0, 0.1) is 39.8 Å². The van der Waals surface area contributed by atoms with Crippen LogP contribution in [0.25, 0.3) is 11.1 Å². The molecular formula is C44H50Cl2Zr-2. The van der Waals surface area contributed by atoms with Crippen LogP contribution in [0.2, 0.25) is 0 Å². The fourth-order valence-corrected chi connectivity index (χ4v) is 6.96. The fourth-order valence-electron chi connectivity index (χ4n) is 6.14. The molecule has 0 saturated heterocycles. The molecule has 0 heterocycles. The first-order valence-corrected chi connectivity index (χ1v) is 17.4. The number of halogens is 2. The molecule has 0 saturated carbocycles. The third-order valence-electron chi connectivity index (χ3n) is 8.63. The maximum Gasteiger partial charge on any atom is -1.00 e. The summed E-state index contributed by atoms with van der Waals surface area (Å²) >= 11 is 1.46. The predicted molar refractivity (Wildman–Crippen MR) is 192 cm³/mol. The predicted octanol–water partition coefficient (Wildman–Crippen LogP) is 5.39. The van der Waals surface area contributed by atoms with Crippen LogP contribution in [0.4, 0.5) is 0 Å². The molecule has 0 unspecified atom stereocenters. The summed E-state index contributed by atoms with van der Waals surface area (Å²) in [5.41, 5.74) is 18.2. The molecule has 47 heavy (non-hydrogen) atoms. The number of hydrogen-bond donors (Lipinski definition) is 0. The molecule has 0 aliphatic heterocycles. The van der Waals surface area contributed by atoms with Gasteiger partial charge in [0.2, 0.25) is 0 Å². The van der Waals surface area contributed by atoms with Crippen molar-refractivity contribution in [3.05, 3.63) is 152 Å². The zero-order chi connectivity index (χ0) is 33.1. The van der Waals surface area contributed by atoms with Gasteiger partial charge in [-0.1, -0.05) is 78.5 Å². The van der Waals surface area contributed by atoms with Gasteiger partial charge < -0.3 is 24.8 Å². The quantitative estimate of drug-likeness (QED) is 0.213. The molecule has 0 aromatic heterocycles. The molecule has 0 N–H and O–H groups in total. The van der Waals surface area contributed by atoms with Gasteiger partial charge in [0.05, 0.1) is 0 Å². The molecule has 2 aliphatic carbocycles. The van der Waals surface area contributed by atoms with Gasteiger partial charge in [0.1, 0.15) is 0 Å². The van der Waals surface area contributed by atoms with Gasteiger partial charge in [0.15, 0.2) is 0 Å². The van der Waals surface area contributed by atoms with Crippen molar-refractivity contribution in [3.63, 3.8) is 0 Å². The number of benzene rings is 4. The Morgan fingerprint density at radius 2 is 1.15 bits per heavy atom. The average Bonchev–Trinajstić information content (AvgIpc) is 3.57. The van der Waals surface area contributed by atoms with Crippen molar-refractivity contribution in [2.24, 2.45) is 0 Å². The van der Waals surface area contributed by atoms with Gasteiger partial charge in [-0.3, -0.25) is 6.08 Å². The van der Waals surface area contributed by atoms with Gasteiger partial charge in [-0.05, 0) is 35.4 Å². The third-order valence-corrected chi connectivity index (χ3v) is 10.0. The van der Waals surface area contributed by atoms with Crippen LogP contribution >= 0.6 is 0 Å². The second-order valence-electron chi connectivity index (χ2n) is 14.8. The van der Waals surface area contributed by atoms with Crippen molar-refractivity contribution >= 4 is 3.21 Å². The van der Waals surface area contributed by atoms with E-state index in [0.717, 1.165) is 12.8 Å². The van der Waals surface area contributed by atoms with Crippen molar-refractivity contribution in [2.75, 3.05) is 0 Å². The van der Waals surface area contributed by atoms with E-state index in [4.69, 9.17) is 0 Å². The summed E-state index contributed by atoms with van der Waals surface area (Å²) in [6, 6.07) is 28.5. The average molecular weight is 741 g/mol. The monoisotopic (exact) mass is 738 g/mol. The number of hydrogen-bond acceptors (Lipinski definition) is 0. The molecule has 4 aromatic carbocycles. The van der Waals surface area contributed by atoms with E-state index in [1.165, 1.54) is 99.8 Å². The molecule has 246 valence electrons. The molecule has 0 spiro atoms. The second kappa shape index (κ2) is 16.9. The number of aryl methyl sites for hydroxylation is 4. The van der Waals surface area contributed by atoms with E-state index in [1.54, 1.807) is 0 Å². The van der Waals surface area contributed by atoms with Crippen LogP contribution < -0.4 is 24.8 Å². The molecule has 0 atom stereocenters. The fraction of sp³-hybridized carbons (Fsp3) is 0.341. The topological polar surface area (TPSA) is 0 Å². The molecule has 4 aromatic rings. The Hall–Kier alpha value is -2.31. The maximum atomic E-state index is 3.69. The molecule has 0 amide bonds. The summed E-state index contributed by atoms with van der Waals surface area (Å²) < 4.78 is 1.42. The largest absolute Gasteiger partial charge is 1.00 e. The van der Waals surface area contributed by atoms with Gasteiger partial charge in [-0.2, -0.15) is 23.8 Å². The molecule has 2 aliphatic rings. The van der Waals surface area contributed by atoms with Crippen molar-refractivity contribution in [1.29, 1.82) is 0 Å². The smallest absolute Gasteiger partial charge is 1.00 e. The first-order chi connectivity index (χ1) is 21.0. The maximum absolute atomic E-state index is 3.69.